The largest absolute Gasteiger partial charge is 0.352 e. The van der Waals surface area contributed by atoms with Crippen LogP contribution in [-0.4, -0.2) is 5.60 Å². The third-order valence-corrected chi connectivity index (χ3v) is 3.79. The van der Waals surface area contributed by atoms with Gasteiger partial charge in [-0.25, -0.2) is 0 Å². The molecule has 3 rings (SSSR count). The van der Waals surface area contributed by atoms with Crippen molar-refractivity contribution in [3.8, 4) is 6.07 Å². The van der Waals surface area contributed by atoms with Crippen LogP contribution in [0.1, 0.15) is 17.5 Å². The maximum atomic E-state index is 9.52. The molecule has 1 atom stereocenters. The van der Waals surface area contributed by atoms with Crippen LogP contribution in [0.25, 0.3) is 5.57 Å². The Bertz CT molecular complexity index is 725. The Balaban J connectivity index is 1.71. The Morgan fingerprint density at radius 3 is 2.27 bits per heavy atom. The van der Waals surface area contributed by atoms with Gasteiger partial charge in [0.15, 0.2) is 5.60 Å². The molecule has 0 aliphatic heterocycles. The van der Waals surface area contributed by atoms with E-state index in [2.05, 4.69) is 24.3 Å². The molecule has 0 amide bonds. The van der Waals surface area contributed by atoms with E-state index >= 15 is 0 Å². The van der Waals surface area contributed by atoms with Gasteiger partial charge in [-0.05, 0) is 22.8 Å². The SMILES string of the molecule is N#CC1(OCc2ccccc2)C=CC(c2ccccc2)=CC1. The van der Waals surface area contributed by atoms with Gasteiger partial charge in [-0.1, -0.05) is 72.8 Å². The van der Waals surface area contributed by atoms with Crippen molar-refractivity contribution >= 4 is 5.57 Å². The van der Waals surface area contributed by atoms with Gasteiger partial charge in [0.2, 0.25) is 0 Å². The number of nitrogens with zero attached hydrogens (tertiary/aromatic N) is 1. The summed E-state index contributed by atoms with van der Waals surface area (Å²) in [6.45, 7) is 0.438. The van der Waals surface area contributed by atoms with Crippen molar-refractivity contribution in [3.63, 3.8) is 0 Å². The first-order valence-electron chi connectivity index (χ1n) is 7.35. The second-order valence-corrected chi connectivity index (χ2v) is 5.34. The van der Waals surface area contributed by atoms with Crippen molar-refractivity contribution < 1.29 is 4.74 Å². The van der Waals surface area contributed by atoms with Gasteiger partial charge >= 0.3 is 0 Å². The highest BCUT2D eigenvalue weighted by Crippen LogP contribution is 2.29. The zero-order valence-corrected chi connectivity index (χ0v) is 12.3. The van der Waals surface area contributed by atoms with Crippen LogP contribution in [0.15, 0.2) is 78.9 Å². The van der Waals surface area contributed by atoms with Crippen molar-refractivity contribution in [2.45, 2.75) is 18.6 Å². The zero-order valence-electron chi connectivity index (χ0n) is 12.3. The van der Waals surface area contributed by atoms with Gasteiger partial charge < -0.3 is 4.74 Å². The van der Waals surface area contributed by atoms with Crippen LogP contribution in [0, 0.1) is 11.3 Å². The highest BCUT2D eigenvalue weighted by molar-refractivity contribution is 5.75. The van der Waals surface area contributed by atoms with Crippen LogP contribution in [0.2, 0.25) is 0 Å². The zero-order chi connectivity index (χ0) is 15.3. The monoisotopic (exact) mass is 287 g/mol. The van der Waals surface area contributed by atoms with E-state index < -0.39 is 5.60 Å². The first-order valence-corrected chi connectivity index (χ1v) is 7.35. The molecule has 0 N–H and O–H groups in total. The van der Waals surface area contributed by atoms with Gasteiger partial charge in [-0.3, -0.25) is 0 Å². The summed E-state index contributed by atoms with van der Waals surface area (Å²) in [5, 5.41) is 9.52. The molecule has 1 unspecified atom stereocenters. The van der Waals surface area contributed by atoms with E-state index in [-0.39, 0.29) is 0 Å². The molecule has 108 valence electrons. The molecule has 0 fully saturated rings. The molecule has 1 aliphatic carbocycles. The number of nitriles is 1. The molecule has 1 aliphatic rings. The molecular formula is C20H17NO. The van der Waals surface area contributed by atoms with Gasteiger partial charge in [0.05, 0.1) is 6.61 Å². The predicted molar refractivity (Wildman–Crippen MR) is 87.8 cm³/mol. The third-order valence-electron chi connectivity index (χ3n) is 3.79. The molecular weight excluding hydrogens is 270 g/mol. The fraction of sp³-hybridized carbons (Fsp3) is 0.150. The average Bonchev–Trinajstić information content (AvgIpc) is 2.62. The summed E-state index contributed by atoms with van der Waals surface area (Å²) in [6.07, 6.45) is 6.49. The van der Waals surface area contributed by atoms with E-state index in [1.54, 1.807) is 0 Å². The minimum absolute atomic E-state index is 0.438. The Hall–Kier alpha value is -2.63. The molecule has 0 spiro atoms. The highest BCUT2D eigenvalue weighted by Gasteiger charge is 2.29. The van der Waals surface area contributed by atoms with Gasteiger partial charge in [-0.2, -0.15) is 5.26 Å². The number of rotatable bonds is 4. The van der Waals surface area contributed by atoms with Crippen LogP contribution >= 0.6 is 0 Å². The van der Waals surface area contributed by atoms with Crippen molar-refractivity contribution in [2.75, 3.05) is 0 Å². The van der Waals surface area contributed by atoms with Crippen molar-refractivity contribution in [1.29, 1.82) is 5.26 Å². The molecule has 0 saturated heterocycles. The number of benzene rings is 2. The summed E-state index contributed by atoms with van der Waals surface area (Å²) >= 11 is 0. The molecule has 0 aromatic heterocycles. The Kier molecular flexibility index (Phi) is 4.18. The second-order valence-electron chi connectivity index (χ2n) is 5.34. The number of hydrogen-bond acceptors (Lipinski definition) is 2. The quantitative estimate of drug-likeness (QED) is 0.829. The fourth-order valence-corrected chi connectivity index (χ4v) is 2.48. The first-order chi connectivity index (χ1) is 10.8. The molecule has 0 saturated carbocycles. The first kappa shape index (κ1) is 14.3. The van der Waals surface area contributed by atoms with Crippen molar-refractivity contribution in [1.82, 2.24) is 0 Å². The molecule has 0 heterocycles. The molecule has 2 heteroatoms. The summed E-state index contributed by atoms with van der Waals surface area (Å²) in [5.74, 6) is 0. The predicted octanol–water partition coefficient (Wildman–Crippen LogP) is 4.51. The van der Waals surface area contributed by atoms with Gasteiger partial charge in [0, 0.05) is 6.42 Å². The van der Waals surface area contributed by atoms with Gasteiger partial charge in [-0.15, -0.1) is 0 Å². The van der Waals surface area contributed by atoms with E-state index in [1.165, 1.54) is 0 Å². The highest BCUT2D eigenvalue weighted by atomic mass is 16.5. The van der Waals surface area contributed by atoms with Crippen molar-refractivity contribution in [3.05, 3.63) is 90.0 Å². The smallest absolute Gasteiger partial charge is 0.176 e. The van der Waals surface area contributed by atoms with Crippen LogP contribution in [0.3, 0.4) is 0 Å². The minimum Gasteiger partial charge on any atom is -0.352 e. The minimum atomic E-state index is -0.867. The van der Waals surface area contributed by atoms with Gasteiger partial charge in [0.25, 0.3) is 0 Å². The van der Waals surface area contributed by atoms with Crippen LogP contribution < -0.4 is 0 Å². The molecule has 0 bridgehead atoms. The van der Waals surface area contributed by atoms with E-state index in [4.69, 9.17) is 4.74 Å². The van der Waals surface area contributed by atoms with E-state index in [0.717, 1.165) is 16.7 Å². The maximum Gasteiger partial charge on any atom is 0.176 e. The summed E-state index contributed by atoms with van der Waals surface area (Å²) in [7, 11) is 0. The lowest BCUT2D eigenvalue weighted by atomic mass is 9.90. The maximum absolute atomic E-state index is 9.52. The van der Waals surface area contributed by atoms with E-state index in [9.17, 15) is 5.26 Å². The second kappa shape index (κ2) is 6.43. The average molecular weight is 287 g/mol. The Morgan fingerprint density at radius 1 is 1.00 bits per heavy atom. The molecule has 0 radical (unpaired) electrons. The number of ether oxygens (including phenoxy) is 1. The number of hydrogen-bond donors (Lipinski definition) is 0. The molecule has 2 nitrogen and oxygen atoms in total. The number of allylic oxidation sites excluding steroid dienone is 2. The van der Waals surface area contributed by atoms with Crippen LogP contribution in [0.5, 0.6) is 0 Å². The fourth-order valence-electron chi connectivity index (χ4n) is 2.48. The van der Waals surface area contributed by atoms with E-state index in [0.29, 0.717) is 13.0 Å². The molecule has 2 aromatic carbocycles. The lowest BCUT2D eigenvalue weighted by Crippen LogP contribution is -2.29. The summed E-state index contributed by atoms with van der Waals surface area (Å²) in [6, 6.07) is 22.4. The summed E-state index contributed by atoms with van der Waals surface area (Å²) in [5.41, 5.74) is 2.50. The Morgan fingerprint density at radius 2 is 1.68 bits per heavy atom. The normalized spacial score (nSPS) is 20.2. The third kappa shape index (κ3) is 3.16. The topological polar surface area (TPSA) is 33.0 Å². The van der Waals surface area contributed by atoms with Crippen LogP contribution in [0.4, 0.5) is 0 Å². The molecule has 2 aromatic rings. The van der Waals surface area contributed by atoms with Gasteiger partial charge in [0.1, 0.15) is 6.07 Å². The van der Waals surface area contributed by atoms with E-state index in [1.807, 2.05) is 60.7 Å². The summed E-state index contributed by atoms with van der Waals surface area (Å²) < 4.78 is 5.90. The molecule has 22 heavy (non-hydrogen) atoms. The van der Waals surface area contributed by atoms with Crippen LogP contribution in [-0.2, 0) is 11.3 Å². The lowest BCUT2D eigenvalue weighted by Gasteiger charge is -2.25. The lowest BCUT2D eigenvalue weighted by molar-refractivity contribution is 0.0221. The standard InChI is InChI=1S/C20H17NO/c21-16-20(22-15-17-7-3-1-4-8-17)13-11-19(12-14-20)18-9-5-2-6-10-18/h1-13H,14-15H2. The summed E-state index contributed by atoms with van der Waals surface area (Å²) in [4.78, 5) is 0. The Labute approximate surface area is 131 Å². The van der Waals surface area contributed by atoms with Crippen molar-refractivity contribution in [2.24, 2.45) is 0 Å².